The van der Waals surface area contributed by atoms with Crippen LogP contribution in [-0.4, -0.2) is 46.9 Å². The molecule has 2 rings (SSSR count). The molecule has 6 heteroatoms. The van der Waals surface area contributed by atoms with Gasteiger partial charge in [-0.05, 0) is 25.7 Å². The van der Waals surface area contributed by atoms with Crippen LogP contribution in [0, 0.1) is 5.92 Å². The largest absolute Gasteiger partial charge is 0.481 e. The van der Waals surface area contributed by atoms with Crippen LogP contribution in [0.1, 0.15) is 38.5 Å². The summed E-state index contributed by atoms with van der Waals surface area (Å²) in [6.45, 7) is 1.21. The first-order chi connectivity index (χ1) is 9.06. The first kappa shape index (κ1) is 13.8. The molecule has 2 fully saturated rings. The van der Waals surface area contributed by atoms with E-state index in [2.05, 4.69) is 5.32 Å². The SMILES string of the molecule is O=C(O)CCC(=O)N1CCC(NC(=O)C2CC2)CC1. The molecule has 2 amide bonds. The Bertz CT molecular complexity index is 371. The van der Waals surface area contributed by atoms with Crippen molar-refractivity contribution in [2.45, 2.75) is 44.6 Å². The van der Waals surface area contributed by atoms with Crippen molar-refractivity contribution in [1.82, 2.24) is 10.2 Å². The highest BCUT2D eigenvalue weighted by atomic mass is 16.4. The van der Waals surface area contributed by atoms with Crippen molar-refractivity contribution in [3.63, 3.8) is 0 Å². The van der Waals surface area contributed by atoms with E-state index in [0.717, 1.165) is 25.7 Å². The number of carboxylic acids is 1. The number of carboxylic acid groups (broad SMARTS) is 1. The zero-order valence-corrected chi connectivity index (χ0v) is 10.9. The van der Waals surface area contributed by atoms with Crippen LogP contribution in [0.15, 0.2) is 0 Å². The molecule has 19 heavy (non-hydrogen) atoms. The van der Waals surface area contributed by atoms with Crippen molar-refractivity contribution in [2.24, 2.45) is 5.92 Å². The maximum atomic E-state index is 11.7. The highest BCUT2D eigenvalue weighted by Gasteiger charge is 2.32. The van der Waals surface area contributed by atoms with E-state index in [-0.39, 0.29) is 36.6 Å². The van der Waals surface area contributed by atoms with Gasteiger partial charge in [-0.1, -0.05) is 0 Å². The van der Waals surface area contributed by atoms with Crippen molar-refractivity contribution in [3.8, 4) is 0 Å². The van der Waals surface area contributed by atoms with E-state index in [1.807, 2.05) is 0 Å². The van der Waals surface area contributed by atoms with Crippen molar-refractivity contribution in [3.05, 3.63) is 0 Å². The molecule has 0 spiro atoms. The molecule has 0 radical (unpaired) electrons. The lowest BCUT2D eigenvalue weighted by atomic mass is 10.0. The lowest BCUT2D eigenvalue weighted by Crippen LogP contribution is -2.46. The molecule has 0 aromatic heterocycles. The minimum atomic E-state index is -0.945. The topological polar surface area (TPSA) is 86.7 Å². The van der Waals surface area contributed by atoms with Crippen molar-refractivity contribution >= 4 is 17.8 Å². The predicted octanol–water partition coefficient (Wildman–Crippen LogP) is 0.368. The number of nitrogens with zero attached hydrogens (tertiary/aromatic N) is 1. The fourth-order valence-electron chi connectivity index (χ4n) is 2.31. The zero-order valence-electron chi connectivity index (χ0n) is 10.9. The van der Waals surface area contributed by atoms with Crippen LogP contribution in [-0.2, 0) is 14.4 Å². The highest BCUT2D eigenvalue weighted by molar-refractivity contribution is 5.82. The number of rotatable bonds is 5. The molecule has 0 bridgehead atoms. The number of likely N-dealkylation sites (tertiary alicyclic amines) is 1. The second-order valence-corrected chi connectivity index (χ2v) is 5.33. The molecule has 0 aromatic carbocycles. The Morgan fingerprint density at radius 1 is 1.05 bits per heavy atom. The maximum Gasteiger partial charge on any atom is 0.303 e. The smallest absolute Gasteiger partial charge is 0.303 e. The maximum absolute atomic E-state index is 11.7. The molecule has 1 saturated heterocycles. The average Bonchev–Trinajstić information content (AvgIpc) is 3.21. The molecule has 2 N–H and O–H groups in total. The van der Waals surface area contributed by atoms with Crippen LogP contribution in [0.5, 0.6) is 0 Å². The molecule has 1 heterocycles. The zero-order chi connectivity index (χ0) is 13.8. The molecule has 0 unspecified atom stereocenters. The summed E-state index contributed by atoms with van der Waals surface area (Å²) in [7, 11) is 0. The molecule has 1 aliphatic heterocycles. The van der Waals surface area contributed by atoms with Crippen LogP contribution >= 0.6 is 0 Å². The van der Waals surface area contributed by atoms with E-state index in [1.165, 1.54) is 0 Å². The molecule has 2 aliphatic rings. The van der Waals surface area contributed by atoms with Crippen LogP contribution in [0.25, 0.3) is 0 Å². The van der Waals surface area contributed by atoms with E-state index >= 15 is 0 Å². The van der Waals surface area contributed by atoms with Gasteiger partial charge in [0.2, 0.25) is 11.8 Å². The van der Waals surface area contributed by atoms with Crippen LogP contribution in [0.2, 0.25) is 0 Å². The Morgan fingerprint density at radius 3 is 2.21 bits per heavy atom. The summed E-state index contributed by atoms with van der Waals surface area (Å²) in [6.07, 6.45) is 3.47. The molecular weight excluding hydrogens is 248 g/mol. The van der Waals surface area contributed by atoms with E-state index in [9.17, 15) is 14.4 Å². The van der Waals surface area contributed by atoms with Gasteiger partial charge in [-0.2, -0.15) is 0 Å². The Balaban J connectivity index is 1.67. The van der Waals surface area contributed by atoms with E-state index < -0.39 is 5.97 Å². The van der Waals surface area contributed by atoms with Gasteiger partial charge in [0.1, 0.15) is 0 Å². The van der Waals surface area contributed by atoms with Gasteiger partial charge >= 0.3 is 5.97 Å². The first-order valence-electron chi connectivity index (χ1n) is 6.86. The van der Waals surface area contributed by atoms with Gasteiger partial charge in [-0.25, -0.2) is 0 Å². The van der Waals surface area contributed by atoms with Gasteiger partial charge in [0.15, 0.2) is 0 Å². The van der Waals surface area contributed by atoms with Crippen molar-refractivity contribution in [2.75, 3.05) is 13.1 Å². The van der Waals surface area contributed by atoms with Crippen molar-refractivity contribution in [1.29, 1.82) is 0 Å². The molecule has 0 atom stereocenters. The summed E-state index contributed by atoms with van der Waals surface area (Å²) in [5, 5.41) is 11.6. The number of nitrogens with one attached hydrogen (secondary N) is 1. The molecular formula is C13H20N2O4. The van der Waals surface area contributed by atoms with E-state index in [4.69, 9.17) is 5.11 Å². The summed E-state index contributed by atoms with van der Waals surface area (Å²) >= 11 is 0. The first-order valence-corrected chi connectivity index (χ1v) is 6.86. The highest BCUT2D eigenvalue weighted by Crippen LogP contribution is 2.29. The number of hydrogen-bond acceptors (Lipinski definition) is 3. The Morgan fingerprint density at radius 2 is 1.68 bits per heavy atom. The lowest BCUT2D eigenvalue weighted by molar-refractivity contribution is -0.141. The summed E-state index contributed by atoms with van der Waals surface area (Å²) in [6, 6.07) is 0.164. The normalized spacial score (nSPS) is 20.1. The van der Waals surface area contributed by atoms with Gasteiger partial charge < -0.3 is 15.3 Å². The van der Waals surface area contributed by atoms with Crippen molar-refractivity contribution < 1.29 is 19.5 Å². The number of hydrogen-bond donors (Lipinski definition) is 2. The van der Waals surface area contributed by atoms with Gasteiger partial charge in [0, 0.05) is 31.5 Å². The number of aliphatic carboxylic acids is 1. The summed E-state index contributed by atoms with van der Waals surface area (Å²) in [5.74, 6) is -0.680. The quantitative estimate of drug-likeness (QED) is 0.754. The Kier molecular flexibility index (Phi) is 4.39. The lowest BCUT2D eigenvalue weighted by Gasteiger charge is -2.32. The summed E-state index contributed by atoms with van der Waals surface area (Å²) in [5.41, 5.74) is 0. The fraction of sp³-hybridized carbons (Fsp3) is 0.769. The van der Waals surface area contributed by atoms with Gasteiger partial charge in [0.25, 0.3) is 0 Å². The minimum absolute atomic E-state index is 0.0639. The Labute approximate surface area is 112 Å². The Hall–Kier alpha value is -1.59. The second kappa shape index (κ2) is 6.04. The second-order valence-electron chi connectivity index (χ2n) is 5.33. The van der Waals surface area contributed by atoms with Gasteiger partial charge in [-0.3, -0.25) is 14.4 Å². The standard InChI is InChI=1S/C13H20N2O4/c16-11(3-4-12(17)18)15-7-5-10(6-8-15)14-13(19)9-1-2-9/h9-10H,1-8H2,(H,14,19)(H,17,18). The van der Waals surface area contributed by atoms with Crippen LogP contribution in [0.3, 0.4) is 0 Å². The molecule has 0 aromatic rings. The molecule has 1 saturated carbocycles. The van der Waals surface area contributed by atoms with Crippen LogP contribution in [0.4, 0.5) is 0 Å². The molecule has 106 valence electrons. The number of carbonyl (C=O) groups excluding carboxylic acids is 2. The number of carbonyl (C=O) groups is 3. The van der Waals surface area contributed by atoms with Gasteiger partial charge in [-0.15, -0.1) is 0 Å². The van der Waals surface area contributed by atoms with Gasteiger partial charge in [0.05, 0.1) is 6.42 Å². The monoisotopic (exact) mass is 268 g/mol. The molecule has 6 nitrogen and oxygen atoms in total. The van der Waals surface area contributed by atoms with E-state index in [0.29, 0.717) is 13.1 Å². The summed E-state index contributed by atoms with van der Waals surface area (Å²) in [4.78, 5) is 35.4. The van der Waals surface area contributed by atoms with E-state index in [1.54, 1.807) is 4.90 Å². The minimum Gasteiger partial charge on any atom is -0.481 e. The predicted molar refractivity (Wildman–Crippen MR) is 67.3 cm³/mol. The number of piperidine rings is 1. The van der Waals surface area contributed by atoms with Crippen LogP contribution < -0.4 is 5.32 Å². The third-order valence-corrected chi connectivity index (χ3v) is 3.69. The molecule has 1 aliphatic carbocycles. The third-order valence-electron chi connectivity index (χ3n) is 3.69. The average molecular weight is 268 g/mol. The fourth-order valence-corrected chi connectivity index (χ4v) is 2.31. The number of amides is 2. The third kappa shape index (κ3) is 4.22. The summed E-state index contributed by atoms with van der Waals surface area (Å²) < 4.78 is 0.